The van der Waals surface area contributed by atoms with Crippen LogP contribution in [0.15, 0.2) is 0 Å². The number of piperidine rings is 1. The Hall–Kier alpha value is -1.67. The Labute approximate surface area is 167 Å². The molecule has 1 unspecified atom stereocenters. The van der Waals surface area contributed by atoms with Crippen LogP contribution in [0.2, 0.25) is 0 Å². The first kappa shape index (κ1) is 21.0. The summed E-state index contributed by atoms with van der Waals surface area (Å²) in [4.78, 5) is 41.4. The summed E-state index contributed by atoms with van der Waals surface area (Å²) in [5, 5.41) is 16.5. The summed E-state index contributed by atoms with van der Waals surface area (Å²) in [5.41, 5.74) is 0. The van der Waals surface area contributed by atoms with E-state index in [0.29, 0.717) is 25.3 Å². The number of aliphatic hydroxyl groups excluding tert-OH is 1. The van der Waals surface area contributed by atoms with E-state index >= 15 is 0 Å². The topological polar surface area (TPSA) is 102 Å². The van der Waals surface area contributed by atoms with Crippen molar-refractivity contribution >= 4 is 17.7 Å². The number of nitrogens with zero attached hydrogens (tertiary/aromatic N) is 2. The standard InChI is InChI=1S/C20H34N4O4/c1-3-18(26)24-12-15(25)11-17(24)20(28)23-10-4-5-16(23)19(27)22-13(2)14-6-8-21-9-7-14/h13-17,21,25H,3-12H2,1-2H3,(H,22,27)/t13?,15-,16-,17+/m1/s1. The van der Waals surface area contributed by atoms with Crippen LogP contribution in [0, 0.1) is 5.92 Å². The Morgan fingerprint density at radius 1 is 1.14 bits per heavy atom. The van der Waals surface area contributed by atoms with E-state index in [-0.39, 0.29) is 36.7 Å². The molecule has 0 bridgehead atoms. The van der Waals surface area contributed by atoms with E-state index in [0.717, 1.165) is 32.4 Å². The number of carbonyl (C=O) groups excluding carboxylic acids is 3. The summed E-state index contributed by atoms with van der Waals surface area (Å²) in [6.07, 6.45) is 3.38. The summed E-state index contributed by atoms with van der Waals surface area (Å²) < 4.78 is 0. The van der Waals surface area contributed by atoms with E-state index in [9.17, 15) is 19.5 Å². The molecule has 3 fully saturated rings. The maximum Gasteiger partial charge on any atom is 0.246 e. The third-order valence-electron chi connectivity index (χ3n) is 6.49. The minimum absolute atomic E-state index is 0.0821. The molecule has 0 radical (unpaired) electrons. The fourth-order valence-corrected chi connectivity index (χ4v) is 4.80. The first-order valence-corrected chi connectivity index (χ1v) is 10.7. The highest BCUT2D eigenvalue weighted by Gasteiger charge is 2.44. The molecule has 3 saturated heterocycles. The second-order valence-corrected chi connectivity index (χ2v) is 8.38. The van der Waals surface area contributed by atoms with Gasteiger partial charge in [0.25, 0.3) is 0 Å². The lowest BCUT2D eigenvalue weighted by atomic mass is 9.91. The molecule has 0 aromatic heterocycles. The Kier molecular flexibility index (Phi) is 6.93. The van der Waals surface area contributed by atoms with E-state index in [1.807, 2.05) is 6.92 Å². The Morgan fingerprint density at radius 2 is 1.86 bits per heavy atom. The molecule has 0 saturated carbocycles. The SMILES string of the molecule is CCC(=O)N1C[C@H](O)C[C@H]1C(=O)N1CCC[C@@H]1C(=O)NC(C)C1CCNCC1. The number of aliphatic hydroxyl groups is 1. The second-order valence-electron chi connectivity index (χ2n) is 8.38. The second kappa shape index (κ2) is 9.22. The number of carbonyl (C=O) groups is 3. The molecule has 3 amide bonds. The van der Waals surface area contributed by atoms with Crippen molar-refractivity contribution in [1.29, 1.82) is 0 Å². The molecule has 0 aromatic carbocycles. The molecule has 8 heteroatoms. The number of hydrogen-bond donors (Lipinski definition) is 3. The maximum absolute atomic E-state index is 13.2. The van der Waals surface area contributed by atoms with E-state index < -0.39 is 18.2 Å². The van der Waals surface area contributed by atoms with Crippen LogP contribution in [0.25, 0.3) is 0 Å². The average molecular weight is 395 g/mol. The van der Waals surface area contributed by atoms with Gasteiger partial charge >= 0.3 is 0 Å². The van der Waals surface area contributed by atoms with Crippen molar-refractivity contribution in [3.05, 3.63) is 0 Å². The Balaban J connectivity index is 1.63. The van der Waals surface area contributed by atoms with Crippen LogP contribution < -0.4 is 10.6 Å². The first-order chi connectivity index (χ1) is 13.4. The van der Waals surface area contributed by atoms with Gasteiger partial charge in [-0.1, -0.05) is 6.92 Å². The lowest BCUT2D eigenvalue weighted by Gasteiger charge is -2.33. The van der Waals surface area contributed by atoms with Gasteiger partial charge in [-0.15, -0.1) is 0 Å². The molecule has 28 heavy (non-hydrogen) atoms. The van der Waals surface area contributed by atoms with E-state index in [2.05, 4.69) is 10.6 Å². The van der Waals surface area contributed by atoms with E-state index in [1.54, 1.807) is 11.8 Å². The van der Waals surface area contributed by atoms with Gasteiger partial charge in [-0.25, -0.2) is 0 Å². The van der Waals surface area contributed by atoms with Crippen molar-refractivity contribution in [3.8, 4) is 0 Å². The van der Waals surface area contributed by atoms with Crippen LogP contribution in [0.5, 0.6) is 0 Å². The number of hydrogen-bond acceptors (Lipinski definition) is 5. The molecule has 158 valence electrons. The normalized spacial score (nSPS) is 29.8. The summed E-state index contributed by atoms with van der Waals surface area (Å²) in [5.74, 6) is 0.0299. The number of β-amino-alcohol motifs (C(OH)–C–C–N with tert-alkyl or cyclic N) is 1. The highest BCUT2D eigenvalue weighted by molar-refractivity contribution is 5.93. The maximum atomic E-state index is 13.2. The van der Waals surface area contributed by atoms with Crippen molar-refractivity contribution in [1.82, 2.24) is 20.4 Å². The largest absolute Gasteiger partial charge is 0.391 e. The quantitative estimate of drug-likeness (QED) is 0.602. The third kappa shape index (κ3) is 4.49. The first-order valence-electron chi connectivity index (χ1n) is 10.7. The summed E-state index contributed by atoms with van der Waals surface area (Å²) in [6, 6.07) is -1.05. The molecular weight excluding hydrogens is 360 g/mol. The van der Waals surface area contributed by atoms with Crippen molar-refractivity contribution in [2.75, 3.05) is 26.2 Å². The van der Waals surface area contributed by atoms with Gasteiger partial charge < -0.3 is 25.5 Å². The van der Waals surface area contributed by atoms with Crippen LogP contribution in [-0.4, -0.2) is 83.0 Å². The van der Waals surface area contributed by atoms with Crippen molar-refractivity contribution in [2.45, 2.75) is 76.6 Å². The number of rotatable bonds is 5. The van der Waals surface area contributed by atoms with E-state index in [4.69, 9.17) is 0 Å². The molecule has 3 aliphatic rings. The molecule has 3 aliphatic heterocycles. The number of amides is 3. The van der Waals surface area contributed by atoms with Crippen molar-refractivity contribution in [3.63, 3.8) is 0 Å². The minimum atomic E-state index is -0.681. The predicted molar refractivity (Wildman–Crippen MR) is 104 cm³/mol. The fraction of sp³-hybridized carbons (Fsp3) is 0.850. The molecule has 8 nitrogen and oxygen atoms in total. The van der Waals surface area contributed by atoms with Gasteiger partial charge in [0.2, 0.25) is 17.7 Å². The minimum Gasteiger partial charge on any atom is -0.391 e. The fourth-order valence-electron chi connectivity index (χ4n) is 4.80. The Bertz CT molecular complexity index is 593. The number of likely N-dealkylation sites (tertiary alicyclic amines) is 2. The van der Waals surface area contributed by atoms with Gasteiger partial charge in [-0.3, -0.25) is 14.4 Å². The van der Waals surface area contributed by atoms with Crippen molar-refractivity contribution < 1.29 is 19.5 Å². The highest BCUT2D eigenvalue weighted by atomic mass is 16.3. The van der Waals surface area contributed by atoms with Gasteiger partial charge in [0.1, 0.15) is 12.1 Å². The molecule has 3 rings (SSSR count). The van der Waals surface area contributed by atoms with Crippen LogP contribution in [-0.2, 0) is 14.4 Å². The van der Waals surface area contributed by atoms with Gasteiger partial charge in [0.15, 0.2) is 0 Å². The average Bonchev–Trinajstić information content (AvgIpc) is 3.34. The van der Waals surface area contributed by atoms with Crippen LogP contribution in [0.1, 0.15) is 52.4 Å². The zero-order valence-corrected chi connectivity index (χ0v) is 17.0. The van der Waals surface area contributed by atoms with Gasteiger partial charge in [0, 0.05) is 32.0 Å². The number of nitrogens with one attached hydrogen (secondary N) is 2. The lowest BCUT2D eigenvalue weighted by molar-refractivity contribution is -0.146. The Morgan fingerprint density at radius 3 is 2.54 bits per heavy atom. The van der Waals surface area contributed by atoms with Gasteiger partial charge in [-0.05, 0) is 51.6 Å². The summed E-state index contributed by atoms with van der Waals surface area (Å²) >= 11 is 0. The van der Waals surface area contributed by atoms with Crippen LogP contribution in [0.3, 0.4) is 0 Å². The molecule has 4 atom stereocenters. The summed E-state index contributed by atoms with van der Waals surface area (Å²) in [7, 11) is 0. The molecule has 3 heterocycles. The van der Waals surface area contributed by atoms with Gasteiger partial charge in [-0.2, -0.15) is 0 Å². The molecule has 0 aliphatic carbocycles. The monoisotopic (exact) mass is 394 g/mol. The smallest absolute Gasteiger partial charge is 0.246 e. The zero-order chi connectivity index (χ0) is 20.3. The zero-order valence-electron chi connectivity index (χ0n) is 17.0. The van der Waals surface area contributed by atoms with Crippen LogP contribution >= 0.6 is 0 Å². The van der Waals surface area contributed by atoms with E-state index in [1.165, 1.54) is 4.90 Å². The van der Waals surface area contributed by atoms with Gasteiger partial charge in [0.05, 0.1) is 6.10 Å². The lowest BCUT2D eigenvalue weighted by Crippen LogP contribution is -2.54. The molecule has 0 spiro atoms. The highest BCUT2D eigenvalue weighted by Crippen LogP contribution is 2.26. The summed E-state index contributed by atoms with van der Waals surface area (Å²) in [6.45, 7) is 6.47. The van der Waals surface area contributed by atoms with Crippen LogP contribution in [0.4, 0.5) is 0 Å². The molecule has 3 N–H and O–H groups in total. The van der Waals surface area contributed by atoms with Crippen molar-refractivity contribution in [2.24, 2.45) is 5.92 Å². The molecule has 0 aromatic rings. The predicted octanol–water partition coefficient (Wildman–Crippen LogP) is -0.146. The third-order valence-corrected chi connectivity index (χ3v) is 6.49. The molecular formula is C20H34N4O4.